The largest absolute Gasteiger partial charge is 0.484 e. The van der Waals surface area contributed by atoms with Gasteiger partial charge in [-0.1, -0.05) is 0 Å². The van der Waals surface area contributed by atoms with Crippen LogP contribution in [0.2, 0.25) is 0 Å². The molecule has 122 valence electrons. The number of benzene rings is 1. The van der Waals surface area contributed by atoms with E-state index in [0.29, 0.717) is 11.3 Å². The number of amides is 1. The van der Waals surface area contributed by atoms with Crippen LogP contribution in [-0.2, 0) is 11.0 Å². The molecule has 7 nitrogen and oxygen atoms in total. The number of hydrogen-bond donors (Lipinski definition) is 2. The smallest absolute Gasteiger partial charge is 0.451 e. The van der Waals surface area contributed by atoms with Crippen LogP contribution >= 0.6 is 0 Å². The summed E-state index contributed by atoms with van der Waals surface area (Å²) in [5, 5.41) is 6.96. The summed E-state index contributed by atoms with van der Waals surface area (Å²) < 4.78 is 42.0. The Balaban J connectivity index is 1.87. The van der Waals surface area contributed by atoms with Crippen molar-refractivity contribution < 1.29 is 27.5 Å². The maximum atomic E-state index is 12.3. The minimum atomic E-state index is -4.68. The predicted octanol–water partition coefficient (Wildman–Crippen LogP) is 2.04. The van der Waals surface area contributed by atoms with Crippen LogP contribution in [0, 0.1) is 0 Å². The van der Waals surface area contributed by atoms with E-state index in [9.17, 15) is 22.8 Å². The maximum Gasteiger partial charge on any atom is 0.451 e. The van der Waals surface area contributed by atoms with Crippen molar-refractivity contribution in [3.63, 3.8) is 0 Å². The Labute approximate surface area is 127 Å². The van der Waals surface area contributed by atoms with E-state index in [4.69, 9.17) is 4.74 Å². The van der Waals surface area contributed by atoms with Gasteiger partial charge in [-0.15, -0.1) is 5.10 Å². The minimum Gasteiger partial charge on any atom is -0.484 e. The van der Waals surface area contributed by atoms with Crippen molar-refractivity contribution in [2.75, 3.05) is 11.9 Å². The van der Waals surface area contributed by atoms with E-state index in [2.05, 4.69) is 15.4 Å². The molecule has 0 fully saturated rings. The van der Waals surface area contributed by atoms with Crippen LogP contribution in [0.5, 0.6) is 5.75 Å². The quantitative estimate of drug-likeness (QED) is 0.819. The summed E-state index contributed by atoms with van der Waals surface area (Å²) in [5.74, 6) is -2.32. The fraction of sp³-hybridized carbons (Fsp3) is 0.231. The lowest BCUT2D eigenvalue weighted by molar-refractivity contribution is -0.144. The Hall–Kier alpha value is -2.91. The number of nitrogens with one attached hydrogen (secondary N) is 2. The molecule has 0 atom stereocenters. The van der Waals surface area contributed by atoms with Crippen molar-refractivity contribution in [1.82, 2.24) is 15.2 Å². The highest BCUT2D eigenvalue weighted by molar-refractivity contribution is 5.94. The fourth-order valence-electron chi connectivity index (χ4n) is 1.54. The van der Waals surface area contributed by atoms with E-state index in [0.717, 1.165) is 0 Å². The molecule has 2 aromatic rings. The van der Waals surface area contributed by atoms with Crippen LogP contribution in [-0.4, -0.2) is 33.5 Å². The van der Waals surface area contributed by atoms with Gasteiger partial charge in [0.25, 0.3) is 5.91 Å². The van der Waals surface area contributed by atoms with Gasteiger partial charge >= 0.3 is 6.18 Å². The van der Waals surface area contributed by atoms with Gasteiger partial charge < -0.3 is 4.74 Å². The van der Waals surface area contributed by atoms with Crippen molar-refractivity contribution >= 4 is 17.6 Å². The molecule has 0 radical (unpaired) electrons. The number of nitrogens with zero attached hydrogens (tertiary/aromatic N) is 2. The van der Waals surface area contributed by atoms with Gasteiger partial charge in [0.1, 0.15) is 5.75 Å². The first kappa shape index (κ1) is 16.5. The summed E-state index contributed by atoms with van der Waals surface area (Å²) in [6.07, 6.45) is -4.68. The van der Waals surface area contributed by atoms with Gasteiger partial charge in [-0.2, -0.15) is 18.2 Å². The van der Waals surface area contributed by atoms with Crippen molar-refractivity contribution in [3.8, 4) is 5.75 Å². The molecule has 1 aromatic heterocycles. The highest BCUT2D eigenvalue weighted by atomic mass is 19.4. The molecule has 0 unspecified atom stereocenters. The van der Waals surface area contributed by atoms with Crippen LogP contribution < -0.4 is 10.1 Å². The number of Topliss-reactive ketones (excluding diaryl/α,β-unsaturated/α-hetero) is 1. The van der Waals surface area contributed by atoms with E-state index in [1.807, 2.05) is 0 Å². The second-order valence-electron chi connectivity index (χ2n) is 4.42. The fourth-order valence-corrected chi connectivity index (χ4v) is 1.54. The van der Waals surface area contributed by atoms with Crippen LogP contribution in [0.25, 0.3) is 0 Å². The Bertz CT molecular complexity index is 710. The zero-order chi connectivity index (χ0) is 17.0. The van der Waals surface area contributed by atoms with Crippen molar-refractivity contribution in [3.05, 3.63) is 35.7 Å². The lowest BCUT2D eigenvalue weighted by atomic mass is 10.1. The zero-order valence-corrected chi connectivity index (χ0v) is 11.8. The highest BCUT2D eigenvalue weighted by Gasteiger charge is 2.35. The molecule has 1 amide bonds. The van der Waals surface area contributed by atoms with Crippen LogP contribution in [0.4, 0.5) is 19.1 Å². The zero-order valence-electron chi connectivity index (χ0n) is 11.8. The molecule has 0 saturated heterocycles. The average molecular weight is 328 g/mol. The highest BCUT2D eigenvalue weighted by Crippen LogP contribution is 2.26. The van der Waals surface area contributed by atoms with Crippen molar-refractivity contribution in [2.24, 2.45) is 0 Å². The number of halogens is 3. The molecule has 1 aromatic carbocycles. The number of ether oxygens (including phenoxy) is 1. The number of hydrogen-bond acceptors (Lipinski definition) is 5. The minimum absolute atomic E-state index is 0.112. The van der Waals surface area contributed by atoms with Crippen molar-refractivity contribution in [1.29, 1.82) is 0 Å². The van der Waals surface area contributed by atoms with Gasteiger partial charge in [0.05, 0.1) is 0 Å². The monoisotopic (exact) mass is 328 g/mol. The molecule has 0 spiro atoms. The summed E-state index contributed by atoms with van der Waals surface area (Å²) in [6.45, 7) is 0.963. The number of carbonyl (C=O) groups is 2. The SMILES string of the molecule is CC(=O)c1ccc(OCC(=O)Nc2n[nH]c(C(F)(F)F)n2)cc1. The van der Waals surface area contributed by atoms with E-state index in [-0.39, 0.29) is 5.78 Å². The second kappa shape index (κ2) is 6.46. The second-order valence-corrected chi connectivity index (χ2v) is 4.42. The number of aromatic amines is 1. The summed E-state index contributed by atoms with van der Waals surface area (Å²) in [7, 11) is 0. The number of carbonyl (C=O) groups excluding carboxylic acids is 2. The van der Waals surface area contributed by atoms with E-state index in [1.54, 1.807) is 5.10 Å². The van der Waals surface area contributed by atoms with E-state index >= 15 is 0 Å². The van der Waals surface area contributed by atoms with E-state index < -0.39 is 30.5 Å². The Morgan fingerprint density at radius 2 is 1.91 bits per heavy atom. The van der Waals surface area contributed by atoms with Crippen LogP contribution in [0.1, 0.15) is 23.1 Å². The van der Waals surface area contributed by atoms with Gasteiger partial charge in [-0.3, -0.25) is 20.0 Å². The van der Waals surface area contributed by atoms with Gasteiger partial charge in [0.15, 0.2) is 12.4 Å². The molecular weight excluding hydrogens is 317 g/mol. The first-order chi connectivity index (χ1) is 10.8. The third-order valence-electron chi connectivity index (χ3n) is 2.64. The predicted molar refractivity (Wildman–Crippen MR) is 72.0 cm³/mol. The number of rotatable bonds is 5. The first-order valence-electron chi connectivity index (χ1n) is 6.29. The summed E-state index contributed by atoms with van der Waals surface area (Å²) in [5.41, 5.74) is 0.488. The molecule has 2 rings (SSSR count). The summed E-state index contributed by atoms with van der Waals surface area (Å²) >= 11 is 0. The number of aromatic nitrogens is 3. The number of ketones is 1. The first-order valence-corrected chi connectivity index (χ1v) is 6.29. The lowest BCUT2D eigenvalue weighted by Crippen LogP contribution is -2.21. The lowest BCUT2D eigenvalue weighted by Gasteiger charge is -2.06. The Morgan fingerprint density at radius 3 is 2.43 bits per heavy atom. The molecule has 23 heavy (non-hydrogen) atoms. The van der Waals surface area contributed by atoms with Gasteiger partial charge in [-0.25, -0.2) is 0 Å². The molecule has 2 N–H and O–H groups in total. The van der Waals surface area contributed by atoms with Crippen LogP contribution in [0.15, 0.2) is 24.3 Å². The molecule has 0 saturated carbocycles. The summed E-state index contributed by atoms with van der Waals surface area (Å²) in [6, 6.07) is 6.05. The molecule has 0 aliphatic rings. The Morgan fingerprint density at radius 1 is 1.26 bits per heavy atom. The normalized spacial score (nSPS) is 11.1. The molecule has 10 heteroatoms. The molecule has 0 aliphatic heterocycles. The van der Waals surface area contributed by atoms with Gasteiger partial charge in [-0.05, 0) is 31.2 Å². The van der Waals surface area contributed by atoms with E-state index in [1.165, 1.54) is 31.2 Å². The molecule has 0 bridgehead atoms. The van der Waals surface area contributed by atoms with Gasteiger partial charge in [0, 0.05) is 5.56 Å². The molecule has 0 aliphatic carbocycles. The number of anilines is 1. The number of H-pyrrole nitrogens is 1. The third kappa shape index (κ3) is 4.53. The average Bonchev–Trinajstić information content (AvgIpc) is 2.94. The Kier molecular flexibility index (Phi) is 4.63. The van der Waals surface area contributed by atoms with Crippen molar-refractivity contribution in [2.45, 2.75) is 13.1 Å². The van der Waals surface area contributed by atoms with Crippen LogP contribution in [0.3, 0.4) is 0 Å². The standard InChI is InChI=1S/C13H11F3N4O3/c1-7(21)8-2-4-9(5-3-8)23-6-10(22)17-12-18-11(19-20-12)13(14,15)16/h2-5H,6H2,1H3,(H2,17,18,19,20,22). The number of alkyl halides is 3. The molecular formula is C13H11F3N4O3. The third-order valence-corrected chi connectivity index (χ3v) is 2.64. The summed E-state index contributed by atoms with van der Waals surface area (Å²) in [4.78, 5) is 25.7. The maximum absolute atomic E-state index is 12.3. The van der Waals surface area contributed by atoms with Gasteiger partial charge in [0.2, 0.25) is 11.8 Å². The topological polar surface area (TPSA) is 97.0 Å². The molecule has 1 heterocycles.